The van der Waals surface area contributed by atoms with Crippen molar-refractivity contribution in [3.8, 4) is 0 Å². The van der Waals surface area contributed by atoms with E-state index in [-0.39, 0.29) is 28.5 Å². The highest BCUT2D eigenvalue weighted by Crippen LogP contribution is 2.28. The van der Waals surface area contributed by atoms with Crippen LogP contribution in [0.25, 0.3) is 0 Å². The normalized spacial score (nSPS) is 15.1. The monoisotopic (exact) mass is 479 g/mol. The number of benzene rings is 2. The molecular formula is C21H19ClFN3O3S2. The van der Waals surface area contributed by atoms with Crippen molar-refractivity contribution in [2.24, 2.45) is 0 Å². The maximum Gasteiger partial charge on any atom is 0.267 e. The Bertz CT molecular complexity index is 1210. The highest BCUT2D eigenvalue weighted by molar-refractivity contribution is 7.89. The van der Waals surface area contributed by atoms with Gasteiger partial charge in [-0.2, -0.15) is 4.31 Å². The standard InChI is InChI=1S/C21H19ClFN3O3S2/c22-15-3-1-6-18(13-15)25-8-10-26(11-9-25)31(28,29)19-7-12-30-20(19)21(27)24-17-5-2-4-16(23)14-17/h1-7,12-14H,8-11H2,(H,24,27). The van der Waals surface area contributed by atoms with Crippen LogP contribution in [0.4, 0.5) is 15.8 Å². The second-order valence-electron chi connectivity index (χ2n) is 6.95. The van der Waals surface area contributed by atoms with Gasteiger partial charge >= 0.3 is 0 Å². The lowest BCUT2D eigenvalue weighted by atomic mass is 10.2. The molecule has 0 spiro atoms. The van der Waals surface area contributed by atoms with Crippen molar-refractivity contribution >= 4 is 50.2 Å². The van der Waals surface area contributed by atoms with Gasteiger partial charge in [0.15, 0.2) is 0 Å². The third-order valence-corrected chi connectivity index (χ3v) is 8.17. The molecule has 1 saturated heterocycles. The molecule has 10 heteroatoms. The minimum Gasteiger partial charge on any atom is -0.369 e. The molecule has 6 nitrogen and oxygen atoms in total. The highest BCUT2D eigenvalue weighted by atomic mass is 35.5. The molecule has 1 aliphatic heterocycles. The summed E-state index contributed by atoms with van der Waals surface area (Å²) in [4.78, 5) is 14.8. The van der Waals surface area contributed by atoms with Crippen LogP contribution < -0.4 is 10.2 Å². The lowest BCUT2D eigenvalue weighted by Crippen LogP contribution is -2.48. The summed E-state index contributed by atoms with van der Waals surface area (Å²) >= 11 is 7.09. The summed E-state index contributed by atoms with van der Waals surface area (Å²) in [5.74, 6) is -1.08. The fraction of sp³-hybridized carbons (Fsp3) is 0.190. The maximum atomic E-state index is 13.4. The molecule has 2 heterocycles. The van der Waals surface area contributed by atoms with E-state index in [9.17, 15) is 17.6 Å². The Balaban J connectivity index is 1.49. The van der Waals surface area contributed by atoms with Gasteiger partial charge in [0, 0.05) is 42.6 Å². The fourth-order valence-electron chi connectivity index (χ4n) is 3.42. The van der Waals surface area contributed by atoms with Crippen LogP contribution >= 0.6 is 22.9 Å². The van der Waals surface area contributed by atoms with E-state index in [0.29, 0.717) is 18.1 Å². The van der Waals surface area contributed by atoms with Crippen LogP contribution in [0, 0.1) is 5.82 Å². The van der Waals surface area contributed by atoms with Crippen molar-refractivity contribution in [2.45, 2.75) is 4.90 Å². The van der Waals surface area contributed by atoms with Gasteiger partial charge in [0.2, 0.25) is 10.0 Å². The van der Waals surface area contributed by atoms with Gasteiger partial charge in [-0.1, -0.05) is 23.7 Å². The molecule has 0 bridgehead atoms. The predicted octanol–water partition coefficient (Wildman–Crippen LogP) is 4.30. The molecule has 1 fully saturated rings. The van der Waals surface area contributed by atoms with Crippen LogP contribution in [0.1, 0.15) is 9.67 Å². The van der Waals surface area contributed by atoms with Gasteiger partial charge < -0.3 is 10.2 Å². The quantitative estimate of drug-likeness (QED) is 0.592. The Labute approximate surface area is 188 Å². The molecule has 2 aromatic carbocycles. The highest BCUT2D eigenvalue weighted by Gasteiger charge is 2.32. The summed E-state index contributed by atoms with van der Waals surface area (Å²) < 4.78 is 41.2. The molecule has 1 N–H and O–H groups in total. The van der Waals surface area contributed by atoms with E-state index in [1.54, 1.807) is 11.4 Å². The average molecular weight is 480 g/mol. The molecule has 31 heavy (non-hydrogen) atoms. The van der Waals surface area contributed by atoms with Crippen molar-refractivity contribution < 1.29 is 17.6 Å². The van der Waals surface area contributed by atoms with Gasteiger partial charge in [0.25, 0.3) is 5.91 Å². The number of anilines is 2. The van der Waals surface area contributed by atoms with Crippen molar-refractivity contribution in [1.29, 1.82) is 0 Å². The number of amides is 1. The molecule has 162 valence electrons. The first kappa shape index (κ1) is 21.8. The maximum absolute atomic E-state index is 13.4. The third-order valence-electron chi connectivity index (χ3n) is 4.95. The largest absolute Gasteiger partial charge is 0.369 e. The minimum absolute atomic E-state index is 0.0393. The second-order valence-corrected chi connectivity index (χ2v) is 10.2. The summed E-state index contributed by atoms with van der Waals surface area (Å²) in [5, 5.41) is 4.75. The SMILES string of the molecule is O=C(Nc1cccc(F)c1)c1sccc1S(=O)(=O)N1CCN(c2cccc(Cl)c2)CC1. The average Bonchev–Trinajstić information content (AvgIpc) is 3.25. The van der Waals surface area contributed by atoms with Gasteiger partial charge in [-0.25, -0.2) is 12.8 Å². The summed E-state index contributed by atoms with van der Waals surface area (Å²) in [7, 11) is -3.85. The Morgan fingerprint density at radius 2 is 1.77 bits per heavy atom. The molecule has 0 aliphatic carbocycles. The first-order valence-electron chi connectivity index (χ1n) is 9.50. The molecular weight excluding hydrogens is 461 g/mol. The van der Waals surface area contributed by atoms with E-state index in [4.69, 9.17) is 11.6 Å². The van der Waals surface area contributed by atoms with Crippen LogP contribution in [-0.4, -0.2) is 44.8 Å². The fourth-order valence-corrected chi connectivity index (χ4v) is 6.32. The van der Waals surface area contributed by atoms with Crippen molar-refractivity contribution in [2.75, 3.05) is 36.4 Å². The summed E-state index contributed by atoms with van der Waals surface area (Å²) in [6, 6.07) is 14.3. The predicted molar refractivity (Wildman–Crippen MR) is 121 cm³/mol. The second kappa shape index (κ2) is 8.96. The van der Waals surface area contributed by atoms with E-state index in [0.717, 1.165) is 17.0 Å². The number of nitrogens with zero attached hydrogens (tertiary/aromatic N) is 2. The van der Waals surface area contributed by atoms with Gasteiger partial charge in [0.1, 0.15) is 15.6 Å². The van der Waals surface area contributed by atoms with Crippen LogP contribution in [0.3, 0.4) is 0 Å². The van der Waals surface area contributed by atoms with E-state index in [2.05, 4.69) is 10.2 Å². The molecule has 1 aliphatic rings. The Hall–Kier alpha value is -2.46. The first-order chi connectivity index (χ1) is 14.8. The molecule has 0 saturated carbocycles. The van der Waals surface area contributed by atoms with Crippen molar-refractivity contribution in [3.63, 3.8) is 0 Å². The van der Waals surface area contributed by atoms with Crippen LogP contribution in [0.5, 0.6) is 0 Å². The Kier molecular flexibility index (Phi) is 6.29. The number of piperazine rings is 1. The zero-order valence-electron chi connectivity index (χ0n) is 16.3. The van der Waals surface area contributed by atoms with Crippen LogP contribution in [0.15, 0.2) is 64.9 Å². The van der Waals surface area contributed by atoms with Crippen LogP contribution in [0.2, 0.25) is 5.02 Å². The van der Waals surface area contributed by atoms with Gasteiger partial charge in [-0.05, 0) is 47.8 Å². The zero-order chi connectivity index (χ0) is 22.0. The summed E-state index contributed by atoms with van der Waals surface area (Å²) in [5.41, 5.74) is 1.20. The number of nitrogens with one attached hydrogen (secondary N) is 1. The molecule has 3 aromatic rings. The topological polar surface area (TPSA) is 69.7 Å². The molecule has 4 rings (SSSR count). The molecule has 1 amide bonds. The lowest BCUT2D eigenvalue weighted by Gasteiger charge is -2.35. The third kappa shape index (κ3) is 4.74. The molecule has 0 unspecified atom stereocenters. The molecule has 0 radical (unpaired) electrons. The van der Waals surface area contributed by atoms with Crippen molar-refractivity contribution in [1.82, 2.24) is 4.31 Å². The number of hydrogen-bond acceptors (Lipinski definition) is 5. The van der Waals surface area contributed by atoms with E-state index >= 15 is 0 Å². The number of sulfonamides is 1. The van der Waals surface area contributed by atoms with E-state index in [1.165, 1.54) is 34.6 Å². The van der Waals surface area contributed by atoms with Gasteiger partial charge in [-0.15, -0.1) is 11.3 Å². The lowest BCUT2D eigenvalue weighted by molar-refractivity contribution is 0.102. The molecule has 1 aromatic heterocycles. The summed E-state index contributed by atoms with van der Waals surface area (Å²) in [6.07, 6.45) is 0. The number of carbonyl (C=O) groups is 1. The van der Waals surface area contributed by atoms with E-state index in [1.807, 2.05) is 18.2 Å². The smallest absolute Gasteiger partial charge is 0.267 e. The van der Waals surface area contributed by atoms with Crippen LogP contribution in [-0.2, 0) is 10.0 Å². The number of rotatable bonds is 5. The molecule has 0 atom stereocenters. The first-order valence-corrected chi connectivity index (χ1v) is 12.2. The number of halogens is 2. The number of carbonyl (C=O) groups excluding carboxylic acids is 1. The Morgan fingerprint density at radius 3 is 2.48 bits per heavy atom. The van der Waals surface area contributed by atoms with Gasteiger partial charge in [0.05, 0.1) is 0 Å². The number of hydrogen-bond donors (Lipinski definition) is 1. The summed E-state index contributed by atoms with van der Waals surface area (Å²) in [6.45, 7) is 1.59. The minimum atomic E-state index is -3.85. The Morgan fingerprint density at radius 1 is 1.03 bits per heavy atom. The van der Waals surface area contributed by atoms with Gasteiger partial charge in [-0.3, -0.25) is 4.79 Å². The van der Waals surface area contributed by atoms with Crippen molar-refractivity contribution in [3.05, 3.63) is 75.7 Å². The zero-order valence-corrected chi connectivity index (χ0v) is 18.7. The number of thiophene rings is 1. The van der Waals surface area contributed by atoms with E-state index < -0.39 is 21.7 Å².